The monoisotopic (exact) mass is 421 g/mol. The summed E-state index contributed by atoms with van der Waals surface area (Å²) in [5.41, 5.74) is 2.18. The molecule has 0 N–H and O–H groups in total. The Morgan fingerprint density at radius 1 is 1.14 bits per heavy atom. The number of halogens is 1. The molecule has 1 fully saturated rings. The molecule has 0 saturated carbocycles. The first-order valence-corrected chi connectivity index (χ1v) is 11.5. The van der Waals surface area contributed by atoms with Gasteiger partial charge in [-0.15, -0.1) is 0 Å². The summed E-state index contributed by atoms with van der Waals surface area (Å²) >= 11 is 6.08. The van der Waals surface area contributed by atoms with Gasteiger partial charge in [0, 0.05) is 12.6 Å². The van der Waals surface area contributed by atoms with Crippen LogP contribution in [0.4, 0.5) is 0 Å². The predicted octanol–water partition coefficient (Wildman–Crippen LogP) is 3.50. The standard InChI is InChI=1S/C21H24ClNO4S/c1-2-16-7-9-17(10-8-16)13-23(18-11-12-28(25,26)15-18)21(24)14-27-20-6-4-3-5-19(20)22/h3-10,18H,2,11-15H2,1H3/t18-/m1/s1. The molecule has 2 aromatic carbocycles. The summed E-state index contributed by atoms with van der Waals surface area (Å²) in [5, 5.41) is 0.431. The molecule has 1 aliphatic rings. The van der Waals surface area contributed by atoms with Crippen LogP contribution in [0.2, 0.25) is 5.02 Å². The average molecular weight is 422 g/mol. The average Bonchev–Trinajstić information content (AvgIpc) is 3.05. The number of carbonyl (C=O) groups excluding carboxylic acids is 1. The quantitative estimate of drug-likeness (QED) is 0.686. The van der Waals surface area contributed by atoms with Gasteiger partial charge in [0.15, 0.2) is 16.4 Å². The van der Waals surface area contributed by atoms with Crippen molar-refractivity contribution in [2.75, 3.05) is 18.1 Å². The van der Waals surface area contributed by atoms with Crippen LogP contribution in [-0.2, 0) is 27.6 Å². The van der Waals surface area contributed by atoms with E-state index < -0.39 is 9.84 Å². The zero-order valence-electron chi connectivity index (χ0n) is 15.8. The van der Waals surface area contributed by atoms with Crippen molar-refractivity contribution < 1.29 is 17.9 Å². The fraction of sp³-hybridized carbons (Fsp3) is 0.381. The summed E-state index contributed by atoms with van der Waals surface area (Å²) in [6, 6.07) is 14.6. The molecule has 7 heteroatoms. The first-order valence-electron chi connectivity index (χ1n) is 9.33. The first-order chi connectivity index (χ1) is 13.4. The molecule has 1 heterocycles. The fourth-order valence-electron chi connectivity index (χ4n) is 3.30. The van der Waals surface area contributed by atoms with Gasteiger partial charge in [-0.25, -0.2) is 8.42 Å². The summed E-state index contributed by atoms with van der Waals surface area (Å²) in [4.78, 5) is 14.5. The molecule has 1 atom stereocenters. The summed E-state index contributed by atoms with van der Waals surface area (Å²) in [6.45, 7) is 2.25. The number of carbonyl (C=O) groups is 1. The van der Waals surface area contributed by atoms with Crippen molar-refractivity contribution >= 4 is 27.3 Å². The van der Waals surface area contributed by atoms with E-state index in [4.69, 9.17) is 16.3 Å². The fourth-order valence-corrected chi connectivity index (χ4v) is 5.22. The second kappa shape index (κ2) is 8.97. The molecular weight excluding hydrogens is 398 g/mol. The minimum atomic E-state index is -3.11. The van der Waals surface area contributed by atoms with Gasteiger partial charge in [0.05, 0.1) is 16.5 Å². The van der Waals surface area contributed by atoms with Crippen molar-refractivity contribution in [2.45, 2.75) is 32.4 Å². The number of para-hydroxylation sites is 1. The number of aryl methyl sites for hydroxylation is 1. The minimum absolute atomic E-state index is 0.00211. The number of ether oxygens (including phenoxy) is 1. The van der Waals surface area contributed by atoms with Gasteiger partial charge in [0.2, 0.25) is 0 Å². The Labute approximate surface area is 171 Å². The van der Waals surface area contributed by atoms with E-state index in [2.05, 4.69) is 6.92 Å². The normalized spacial score (nSPS) is 18.0. The highest BCUT2D eigenvalue weighted by molar-refractivity contribution is 7.91. The van der Waals surface area contributed by atoms with Gasteiger partial charge in [-0.3, -0.25) is 4.79 Å². The molecular formula is C21H24ClNO4S. The van der Waals surface area contributed by atoms with E-state index in [-0.39, 0.29) is 30.1 Å². The van der Waals surface area contributed by atoms with Crippen LogP contribution in [0.25, 0.3) is 0 Å². The molecule has 0 unspecified atom stereocenters. The zero-order chi connectivity index (χ0) is 20.1. The number of hydrogen-bond donors (Lipinski definition) is 0. The third-order valence-electron chi connectivity index (χ3n) is 4.94. The van der Waals surface area contributed by atoms with Crippen LogP contribution >= 0.6 is 11.6 Å². The maximum absolute atomic E-state index is 12.9. The molecule has 150 valence electrons. The van der Waals surface area contributed by atoms with Crippen LogP contribution in [0.1, 0.15) is 24.5 Å². The largest absolute Gasteiger partial charge is 0.482 e. The lowest BCUT2D eigenvalue weighted by atomic mass is 10.1. The van der Waals surface area contributed by atoms with Crippen LogP contribution in [0.3, 0.4) is 0 Å². The van der Waals surface area contributed by atoms with Gasteiger partial charge in [0.25, 0.3) is 5.91 Å². The Morgan fingerprint density at radius 2 is 1.82 bits per heavy atom. The van der Waals surface area contributed by atoms with Crippen LogP contribution in [0.5, 0.6) is 5.75 Å². The molecule has 0 spiro atoms. The van der Waals surface area contributed by atoms with Crippen molar-refractivity contribution in [1.29, 1.82) is 0 Å². The Bertz CT molecular complexity index is 928. The number of hydrogen-bond acceptors (Lipinski definition) is 4. The van der Waals surface area contributed by atoms with Gasteiger partial charge < -0.3 is 9.64 Å². The van der Waals surface area contributed by atoms with Crippen molar-refractivity contribution in [1.82, 2.24) is 4.90 Å². The van der Waals surface area contributed by atoms with Crippen molar-refractivity contribution in [2.24, 2.45) is 0 Å². The smallest absolute Gasteiger partial charge is 0.261 e. The van der Waals surface area contributed by atoms with Gasteiger partial charge in [-0.05, 0) is 36.1 Å². The molecule has 0 bridgehead atoms. The predicted molar refractivity (Wildman–Crippen MR) is 110 cm³/mol. The van der Waals surface area contributed by atoms with Crippen LogP contribution in [0.15, 0.2) is 48.5 Å². The van der Waals surface area contributed by atoms with Crippen molar-refractivity contribution in [3.8, 4) is 5.75 Å². The highest BCUT2D eigenvalue weighted by Gasteiger charge is 2.34. The lowest BCUT2D eigenvalue weighted by Crippen LogP contribution is -2.43. The summed E-state index contributed by atoms with van der Waals surface area (Å²) in [7, 11) is -3.11. The molecule has 0 aliphatic carbocycles. The zero-order valence-corrected chi connectivity index (χ0v) is 17.4. The van der Waals surface area contributed by atoms with Gasteiger partial charge in [0.1, 0.15) is 5.75 Å². The molecule has 5 nitrogen and oxygen atoms in total. The molecule has 1 amide bonds. The summed E-state index contributed by atoms with van der Waals surface area (Å²) in [5.74, 6) is 0.296. The second-order valence-corrected chi connectivity index (χ2v) is 9.60. The number of amides is 1. The molecule has 0 aromatic heterocycles. The highest BCUT2D eigenvalue weighted by Crippen LogP contribution is 2.24. The van der Waals surface area contributed by atoms with Crippen LogP contribution < -0.4 is 4.74 Å². The maximum atomic E-state index is 12.9. The lowest BCUT2D eigenvalue weighted by molar-refractivity contribution is -0.136. The number of benzene rings is 2. The van der Waals surface area contributed by atoms with E-state index >= 15 is 0 Å². The third-order valence-corrected chi connectivity index (χ3v) is 7.00. The minimum Gasteiger partial charge on any atom is -0.482 e. The molecule has 1 aliphatic heterocycles. The van der Waals surface area contributed by atoms with E-state index in [9.17, 15) is 13.2 Å². The third kappa shape index (κ3) is 5.26. The van der Waals surface area contributed by atoms with E-state index in [0.29, 0.717) is 23.7 Å². The van der Waals surface area contributed by atoms with Gasteiger partial charge >= 0.3 is 0 Å². The SMILES string of the molecule is CCc1ccc(CN(C(=O)COc2ccccc2Cl)[C@@H]2CCS(=O)(=O)C2)cc1. The van der Waals surface area contributed by atoms with E-state index in [0.717, 1.165) is 12.0 Å². The number of nitrogens with zero attached hydrogens (tertiary/aromatic N) is 1. The highest BCUT2D eigenvalue weighted by atomic mass is 35.5. The Morgan fingerprint density at radius 3 is 2.43 bits per heavy atom. The van der Waals surface area contributed by atoms with E-state index in [1.807, 2.05) is 24.3 Å². The molecule has 1 saturated heterocycles. The second-order valence-electron chi connectivity index (χ2n) is 6.97. The van der Waals surface area contributed by atoms with Crippen molar-refractivity contribution in [3.05, 3.63) is 64.7 Å². The van der Waals surface area contributed by atoms with E-state index in [1.165, 1.54) is 5.56 Å². The summed E-state index contributed by atoms with van der Waals surface area (Å²) < 4.78 is 29.5. The molecule has 2 aromatic rings. The van der Waals surface area contributed by atoms with Crippen LogP contribution in [-0.4, -0.2) is 43.4 Å². The topological polar surface area (TPSA) is 63.7 Å². The Balaban J connectivity index is 1.74. The number of rotatable bonds is 7. The molecule has 0 radical (unpaired) electrons. The Kier molecular flexibility index (Phi) is 6.62. The Hall–Kier alpha value is -2.05. The maximum Gasteiger partial charge on any atom is 0.261 e. The number of sulfone groups is 1. The van der Waals surface area contributed by atoms with E-state index in [1.54, 1.807) is 29.2 Å². The lowest BCUT2D eigenvalue weighted by Gasteiger charge is -2.28. The first kappa shape index (κ1) is 20.7. The molecule has 3 rings (SSSR count). The van der Waals surface area contributed by atoms with Crippen molar-refractivity contribution in [3.63, 3.8) is 0 Å². The van der Waals surface area contributed by atoms with Gasteiger partial charge in [-0.2, -0.15) is 0 Å². The molecule has 28 heavy (non-hydrogen) atoms. The van der Waals surface area contributed by atoms with Gasteiger partial charge in [-0.1, -0.05) is 54.9 Å². The summed E-state index contributed by atoms with van der Waals surface area (Å²) in [6.07, 6.45) is 1.39. The van der Waals surface area contributed by atoms with Crippen LogP contribution in [0, 0.1) is 0 Å².